The van der Waals surface area contributed by atoms with Gasteiger partial charge >= 0.3 is 5.97 Å². The van der Waals surface area contributed by atoms with E-state index in [0.717, 1.165) is 18.2 Å². The van der Waals surface area contributed by atoms with E-state index in [1.165, 1.54) is 12.1 Å². The van der Waals surface area contributed by atoms with Gasteiger partial charge in [-0.15, -0.1) is 0 Å². The Labute approximate surface area is 133 Å². The van der Waals surface area contributed by atoms with E-state index in [2.05, 4.69) is 10.1 Å². The molecule has 0 aliphatic heterocycles. The Morgan fingerprint density at radius 1 is 1.04 bits per heavy atom. The lowest BCUT2D eigenvalue weighted by atomic mass is 10.2. The van der Waals surface area contributed by atoms with Gasteiger partial charge in [-0.05, 0) is 30.3 Å². The summed E-state index contributed by atoms with van der Waals surface area (Å²) in [5.41, 5.74) is -0.666. The lowest BCUT2D eigenvalue weighted by molar-refractivity contribution is -0.119. The minimum absolute atomic E-state index is 0.150. The summed E-state index contributed by atoms with van der Waals surface area (Å²) in [6, 6.07) is 5.88. The molecule has 2 aromatic rings. The zero-order chi connectivity index (χ0) is 17.0. The van der Waals surface area contributed by atoms with E-state index in [4.69, 9.17) is 11.6 Å². The van der Waals surface area contributed by atoms with Gasteiger partial charge in [0, 0.05) is 11.1 Å². The van der Waals surface area contributed by atoms with Crippen molar-refractivity contribution in [3.63, 3.8) is 0 Å². The highest BCUT2D eigenvalue weighted by molar-refractivity contribution is 6.30. The Balaban J connectivity index is 1.94. The first kappa shape index (κ1) is 16.8. The fraction of sp³-hybridized carbons (Fsp3) is 0.0667. The van der Waals surface area contributed by atoms with E-state index in [9.17, 15) is 22.8 Å². The highest BCUT2D eigenvalue weighted by Crippen LogP contribution is 2.18. The van der Waals surface area contributed by atoms with Gasteiger partial charge in [-0.2, -0.15) is 0 Å². The van der Waals surface area contributed by atoms with Crippen LogP contribution in [0.3, 0.4) is 0 Å². The van der Waals surface area contributed by atoms with Crippen molar-refractivity contribution >= 4 is 29.2 Å². The molecule has 120 valence electrons. The normalized spacial score (nSPS) is 10.3. The maximum absolute atomic E-state index is 13.5. The molecule has 1 amide bonds. The molecule has 0 saturated carbocycles. The molecule has 0 heterocycles. The van der Waals surface area contributed by atoms with Crippen molar-refractivity contribution in [3.05, 3.63) is 64.4 Å². The van der Waals surface area contributed by atoms with Crippen LogP contribution >= 0.6 is 11.6 Å². The lowest BCUT2D eigenvalue weighted by Crippen LogP contribution is -2.21. The fourth-order valence-corrected chi connectivity index (χ4v) is 1.80. The average Bonchev–Trinajstić information content (AvgIpc) is 2.48. The van der Waals surface area contributed by atoms with E-state index in [0.29, 0.717) is 6.07 Å². The number of hydrogen-bond acceptors (Lipinski definition) is 3. The number of ether oxygens (including phenoxy) is 1. The molecule has 0 aliphatic rings. The van der Waals surface area contributed by atoms with Crippen LogP contribution in [-0.4, -0.2) is 18.5 Å². The minimum atomic E-state index is -1.14. The zero-order valence-corrected chi connectivity index (χ0v) is 12.2. The molecule has 0 unspecified atom stereocenters. The van der Waals surface area contributed by atoms with Gasteiger partial charge in [-0.1, -0.05) is 11.6 Å². The number of carbonyl (C=O) groups excluding carboxylic acids is 2. The van der Waals surface area contributed by atoms with E-state index in [1.54, 1.807) is 0 Å². The van der Waals surface area contributed by atoms with Crippen LogP contribution in [0.15, 0.2) is 36.4 Å². The molecule has 1 N–H and O–H groups in total. The van der Waals surface area contributed by atoms with E-state index < -0.39 is 41.5 Å². The number of esters is 1. The van der Waals surface area contributed by atoms with Crippen molar-refractivity contribution < 1.29 is 27.5 Å². The van der Waals surface area contributed by atoms with Gasteiger partial charge in [-0.25, -0.2) is 18.0 Å². The molecule has 0 aliphatic carbocycles. The topological polar surface area (TPSA) is 55.4 Å². The second kappa shape index (κ2) is 7.15. The van der Waals surface area contributed by atoms with E-state index in [1.807, 2.05) is 0 Å². The van der Waals surface area contributed by atoms with Crippen molar-refractivity contribution in [2.75, 3.05) is 11.9 Å². The van der Waals surface area contributed by atoms with E-state index >= 15 is 0 Å². The molecule has 2 aromatic carbocycles. The van der Waals surface area contributed by atoms with Crippen LogP contribution in [-0.2, 0) is 9.53 Å². The van der Waals surface area contributed by atoms with Crippen molar-refractivity contribution in [1.82, 2.24) is 0 Å². The molecule has 23 heavy (non-hydrogen) atoms. The minimum Gasteiger partial charge on any atom is -0.452 e. The van der Waals surface area contributed by atoms with Gasteiger partial charge in [-0.3, -0.25) is 4.79 Å². The number of hydrogen-bond donors (Lipinski definition) is 1. The summed E-state index contributed by atoms with van der Waals surface area (Å²) in [7, 11) is 0. The third-order valence-electron chi connectivity index (χ3n) is 2.69. The van der Waals surface area contributed by atoms with Crippen molar-refractivity contribution in [2.45, 2.75) is 0 Å². The fourth-order valence-electron chi connectivity index (χ4n) is 1.64. The van der Waals surface area contributed by atoms with Crippen LogP contribution in [0.5, 0.6) is 0 Å². The predicted octanol–water partition coefficient (Wildman–Crippen LogP) is 3.55. The summed E-state index contributed by atoms with van der Waals surface area (Å²) in [5.74, 6) is -4.70. The van der Waals surface area contributed by atoms with Gasteiger partial charge in [0.2, 0.25) is 0 Å². The molecule has 4 nitrogen and oxygen atoms in total. The summed E-state index contributed by atoms with van der Waals surface area (Å²) in [5, 5.41) is 2.32. The number of halogens is 4. The molecule has 0 bridgehead atoms. The summed E-state index contributed by atoms with van der Waals surface area (Å²) < 4.78 is 44.1. The first-order valence-corrected chi connectivity index (χ1v) is 6.61. The molecule has 0 spiro atoms. The number of nitrogens with one attached hydrogen (secondary N) is 1. The van der Waals surface area contributed by atoms with Crippen LogP contribution in [0.4, 0.5) is 18.9 Å². The van der Waals surface area contributed by atoms with Gasteiger partial charge < -0.3 is 10.1 Å². The Bertz CT molecular complexity index is 768. The van der Waals surface area contributed by atoms with Gasteiger partial charge in [0.05, 0.1) is 11.3 Å². The van der Waals surface area contributed by atoms with Crippen molar-refractivity contribution in [1.29, 1.82) is 0 Å². The maximum atomic E-state index is 13.5. The highest BCUT2D eigenvalue weighted by Gasteiger charge is 2.16. The summed E-state index contributed by atoms with van der Waals surface area (Å²) in [4.78, 5) is 23.2. The highest BCUT2D eigenvalue weighted by atomic mass is 35.5. The zero-order valence-electron chi connectivity index (χ0n) is 11.4. The predicted molar refractivity (Wildman–Crippen MR) is 76.7 cm³/mol. The number of anilines is 1. The molecule has 0 fully saturated rings. The van der Waals surface area contributed by atoms with Crippen molar-refractivity contribution in [3.8, 4) is 0 Å². The summed E-state index contributed by atoms with van der Waals surface area (Å²) >= 11 is 5.57. The molecular formula is C15H9ClF3NO3. The number of rotatable bonds is 4. The van der Waals surface area contributed by atoms with Gasteiger partial charge in [0.25, 0.3) is 5.91 Å². The van der Waals surface area contributed by atoms with Crippen molar-refractivity contribution in [2.24, 2.45) is 0 Å². The molecule has 8 heteroatoms. The first-order chi connectivity index (χ1) is 10.9. The van der Waals surface area contributed by atoms with Crippen LogP contribution in [0.2, 0.25) is 5.02 Å². The molecule has 0 radical (unpaired) electrons. The van der Waals surface area contributed by atoms with Gasteiger partial charge in [0.15, 0.2) is 6.61 Å². The Morgan fingerprint density at radius 2 is 1.78 bits per heavy atom. The molecule has 2 rings (SSSR count). The molecule has 0 atom stereocenters. The number of carbonyl (C=O) groups is 2. The maximum Gasteiger partial charge on any atom is 0.341 e. The Morgan fingerprint density at radius 3 is 2.43 bits per heavy atom. The largest absolute Gasteiger partial charge is 0.452 e. The molecular weight excluding hydrogens is 335 g/mol. The summed E-state index contributed by atoms with van der Waals surface area (Å²) in [6.45, 7) is -0.766. The Kier molecular flexibility index (Phi) is 5.23. The number of amides is 1. The first-order valence-electron chi connectivity index (χ1n) is 6.24. The number of benzene rings is 2. The van der Waals surface area contributed by atoms with Crippen LogP contribution in [0, 0.1) is 17.5 Å². The Hall–Kier alpha value is -2.54. The van der Waals surface area contributed by atoms with Crippen LogP contribution in [0.25, 0.3) is 0 Å². The lowest BCUT2D eigenvalue weighted by Gasteiger charge is -2.08. The quantitative estimate of drug-likeness (QED) is 0.864. The monoisotopic (exact) mass is 343 g/mol. The second-order valence-electron chi connectivity index (χ2n) is 4.37. The third-order valence-corrected chi connectivity index (χ3v) is 2.93. The molecule has 0 saturated heterocycles. The molecule has 0 aromatic heterocycles. The van der Waals surface area contributed by atoms with Gasteiger partial charge in [0.1, 0.15) is 17.5 Å². The SMILES string of the molecule is O=C(COC(=O)c1ccc(F)cc1F)Nc1ccc(Cl)cc1F. The smallest absolute Gasteiger partial charge is 0.341 e. The summed E-state index contributed by atoms with van der Waals surface area (Å²) in [6.07, 6.45) is 0. The van der Waals surface area contributed by atoms with E-state index in [-0.39, 0.29) is 10.7 Å². The second-order valence-corrected chi connectivity index (χ2v) is 4.81. The average molecular weight is 344 g/mol. The third kappa shape index (κ3) is 4.46. The van der Waals surface area contributed by atoms with Crippen LogP contribution < -0.4 is 5.32 Å². The standard InChI is InChI=1S/C15H9ClF3NO3/c16-8-1-4-13(12(19)5-8)20-14(21)7-23-15(22)10-3-2-9(17)6-11(10)18/h1-6H,7H2,(H,20,21). The van der Waals surface area contributed by atoms with Crippen LogP contribution in [0.1, 0.15) is 10.4 Å².